The molecule has 0 radical (unpaired) electrons. The van der Waals surface area contributed by atoms with Gasteiger partial charge in [-0.2, -0.15) is 0 Å². The van der Waals surface area contributed by atoms with Crippen LogP contribution < -0.4 is 5.32 Å². The summed E-state index contributed by atoms with van der Waals surface area (Å²) in [6.45, 7) is 16.8. The van der Waals surface area contributed by atoms with Crippen molar-refractivity contribution >= 4 is 0 Å². The molecule has 0 aromatic heterocycles. The predicted molar refractivity (Wildman–Crippen MR) is 96.4 cm³/mol. The fourth-order valence-electron chi connectivity index (χ4n) is 3.61. The van der Waals surface area contributed by atoms with E-state index in [0.717, 1.165) is 31.5 Å². The highest BCUT2D eigenvalue weighted by Crippen LogP contribution is 2.27. The molecule has 2 aliphatic heterocycles. The molecule has 0 amide bonds. The third-order valence-electron chi connectivity index (χ3n) is 5.51. The molecule has 0 bridgehead atoms. The fourth-order valence-corrected chi connectivity index (χ4v) is 3.61. The van der Waals surface area contributed by atoms with Crippen LogP contribution in [0.2, 0.25) is 0 Å². The maximum Gasteiger partial charge on any atom is 0.0622 e. The lowest BCUT2D eigenvalue weighted by molar-refractivity contribution is -0.00998. The average Bonchev–Trinajstić information content (AvgIpc) is 2.61. The lowest BCUT2D eigenvalue weighted by Gasteiger charge is -2.38. The van der Waals surface area contributed by atoms with Crippen LogP contribution in [-0.4, -0.2) is 49.8 Å². The molecule has 2 fully saturated rings. The van der Waals surface area contributed by atoms with Gasteiger partial charge in [0.05, 0.1) is 12.7 Å². The summed E-state index contributed by atoms with van der Waals surface area (Å²) in [6.07, 6.45) is 6.96. The number of hydrogen-bond acceptors (Lipinski definition) is 3. The molecule has 0 aliphatic carbocycles. The number of rotatable bonds is 6. The SMILES string of the molecule is CC.CCC(C)C1CCN(C(C)COC2CCNCC2)CC1. The van der Waals surface area contributed by atoms with Crippen molar-refractivity contribution in [3.63, 3.8) is 0 Å². The van der Waals surface area contributed by atoms with Crippen molar-refractivity contribution in [2.24, 2.45) is 11.8 Å². The van der Waals surface area contributed by atoms with Gasteiger partial charge in [0.25, 0.3) is 0 Å². The summed E-state index contributed by atoms with van der Waals surface area (Å²) >= 11 is 0. The maximum atomic E-state index is 6.11. The van der Waals surface area contributed by atoms with Crippen LogP contribution in [0.3, 0.4) is 0 Å². The standard InChI is InChI=1S/C17H34N2O.C2H6/c1-4-14(2)16-7-11-19(12-8-16)15(3)13-20-17-5-9-18-10-6-17;1-2/h14-18H,4-13H2,1-3H3;1-2H3. The van der Waals surface area contributed by atoms with Crippen molar-refractivity contribution in [3.05, 3.63) is 0 Å². The summed E-state index contributed by atoms with van der Waals surface area (Å²) in [5.41, 5.74) is 0. The smallest absolute Gasteiger partial charge is 0.0622 e. The van der Waals surface area contributed by atoms with Gasteiger partial charge in [0.2, 0.25) is 0 Å². The zero-order valence-electron chi connectivity index (χ0n) is 15.7. The minimum absolute atomic E-state index is 0.497. The van der Waals surface area contributed by atoms with E-state index in [2.05, 4.69) is 31.0 Å². The van der Waals surface area contributed by atoms with Gasteiger partial charge in [-0.25, -0.2) is 0 Å². The number of hydrogen-bond donors (Lipinski definition) is 1. The van der Waals surface area contributed by atoms with Gasteiger partial charge in [0.15, 0.2) is 0 Å². The molecule has 1 N–H and O–H groups in total. The number of likely N-dealkylation sites (tertiary alicyclic amines) is 1. The van der Waals surface area contributed by atoms with Gasteiger partial charge in [-0.1, -0.05) is 34.1 Å². The fraction of sp³-hybridized carbons (Fsp3) is 1.00. The Bertz CT molecular complexity index is 258. The zero-order valence-corrected chi connectivity index (χ0v) is 15.7. The molecule has 0 saturated carbocycles. The van der Waals surface area contributed by atoms with E-state index in [1.54, 1.807) is 0 Å². The molecule has 0 aromatic carbocycles. The van der Waals surface area contributed by atoms with Crippen molar-refractivity contribution < 1.29 is 4.74 Å². The van der Waals surface area contributed by atoms with Crippen LogP contribution in [0, 0.1) is 11.8 Å². The van der Waals surface area contributed by atoms with Crippen molar-refractivity contribution in [1.29, 1.82) is 0 Å². The minimum Gasteiger partial charge on any atom is -0.377 e. The lowest BCUT2D eigenvalue weighted by atomic mass is 9.84. The number of nitrogens with one attached hydrogen (secondary N) is 1. The number of nitrogens with zero attached hydrogens (tertiary/aromatic N) is 1. The molecular weight excluding hydrogens is 272 g/mol. The molecule has 2 unspecified atom stereocenters. The normalized spacial score (nSPS) is 24.4. The van der Waals surface area contributed by atoms with Gasteiger partial charge in [-0.3, -0.25) is 4.90 Å². The van der Waals surface area contributed by atoms with Crippen molar-refractivity contribution in [1.82, 2.24) is 10.2 Å². The van der Waals surface area contributed by atoms with E-state index < -0.39 is 0 Å². The zero-order chi connectivity index (χ0) is 16.4. The first-order valence-corrected chi connectivity index (χ1v) is 9.77. The van der Waals surface area contributed by atoms with Crippen molar-refractivity contribution in [2.45, 2.75) is 78.9 Å². The molecule has 2 saturated heterocycles. The van der Waals surface area contributed by atoms with Gasteiger partial charge < -0.3 is 10.1 Å². The van der Waals surface area contributed by atoms with Gasteiger partial charge in [0, 0.05) is 6.04 Å². The topological polar surface area (TPSA) is 24.5 Å². The Balaban J connectivity index is 0.00000116. The quantitative estimate of drug-likeness (QED) is 0.804. The Labute approximate surface area is 139 Å². The highest BCUT2D eigenvalue weighted by Gasteiger charge is 2.26. The summed E-state index contributed by atoms with van der Waals surface area (Å²) in [6, 6.07) is 0.586. The van der Waals surface area contributed by atoms with Crippen LogP contribution in [0.15, 0.2) is 0 Å². The van der Waals surface area contributed by atoms with E-state index in [9.17, 15) is 0 Å². The Morgan fingerprint density at radius 3 is 2.18 bits per heavy atom. The van der Waals surface area contributed by atoms with Crippen molar-refractivity contribution in [3.8, 4) is 0 Å². The third-order valence-corrected chi connectivity index (χ3v) is 5.51. The molecule has 22 heavy (non-hydrogen) atoms. The second-order valence-electron chi connectivity index (χ2n) is 6.89. The summed E-state index contributed by atoms with van der Waals surface area (Å²) in [7, 11) is 0. The first-order chi connectivity index (χ1) is 10.7. The van der Waals surface area contributed by atoms with Crippen LogP contribution in [0.4, 0.5) is 0 Å². The van der Waals surface area contributed by atoms with Crippen LogP contribution in [-0.2, 0) is 4.74 Å². The second-order valence-corrected chi connectivity index (χ2v) is 6.89. The highest BCUT2D eigenvalue weighted by atomic mass is 16.5. The highest BCUT2D eigenvalue weighted by molar-refractivity contribution is 4.79. The Morgan fingerprint density at radius 2 is 1.64 bits per heavy atom. The van der Waals surface area contributed by atoms with E-state index in [4.69, 9.17) is 4.74 Å². The summed E-state index contributed by atoms with van der Waals surface area (Å²) in [5.74, 6) is 1.85. The van der Waals surface area contributed by atoms with Gasteiger partial charge in [-0.05, 0) is 70.6 Å². The van der Waals surface area contributed by atoms with E-state index in [-0.39, 0.29) is 0 Å². The monoisotopic (exact) mass is 312 g/mol. The van der Waals surface area contributed by atoms with E-state index >= 15 is 0 Å². The minimum atomic E-state index is 0.497. The van der Waals surface area contributed by atoms with E-state index in [1.807, 2.05) is 13.8 Å². The van der Waals surface area contributed by atoms with Gasteiger partial charge >= 0.3 is 0 Å². The molecule has 2 rings (SSSR count). The molecule has 3 nitrogen and oxygen atoms in total. The first kappa shape index (κ1) is 19.9. The first-order valence-electron chi connectivity index (χ1n) is 9.77. The molecule has 132 valence electrons. The summed E-state index contributed by atoms with van der Waals surface area (Å²) in [5, 5.41) is 3.40. The lowest BCUT2D eigenvalue weighted by Crippen LogP contribution is -2.44. The largest absolute Gasteiger partial charge is 0.377 e. The van der Waals surface area contributed by atoms with E-state index in [0.29, 0.717) is 12.1 Å². The third kappa shape index (κ3) is 6.55. The van der Waals surface area contributed by atoms with Crippen LogP contribution in [0.5, 0.6) is 0 Å². The Kier molecular flexibility index (Phi) is 10.3. The predicted octanol–water partition coefficient (Wildman–Crippen LogP) is 3.93. The second kappa shape index (κ2) is 11.4. The summed E-state index contributed by atoms with van der Waals surface area (Å²) < 4.78 is 6.11. The number of piperidine rings is 2. The molecule has 2 aliphatic rings. The Hall–Kier alpha value is -0.120. The molecule has 2 atom stereocenters. The number of ether oxygens (including phenoxy) is 1. The molecule has 2 heterocycles. The van der Waals surface area contributed by atoms with Crippen molar-refractivity contribution in [2.75, 3.05) is 32.8 Å². The van der Waals surface area contributed by atoms with E-state index in [1.165, 1.54) is 45.2 Å². The molecule has 0 spiro atoms. The maximum absolute atomic E-state index is 6.11. The summed E-state index contributed by atoms with van der Waals surface area (Å²) in [4.78, 5) is 2.64. The average molecular weight is 313 g/mol. The molecular formula is C19H40N2O. The van der Waals surface area contributed by atoms with Crippen LogP contribution in [0.1, 0.15) is 66.7 Å². The Morgan fingerprint density at radius 1 is 1.05 bits per heavy atom. The van der Waals surface area contributed by atoms with Crippen LogP contribution in [0.25, 0.3) is 0 Å². The molecule has 0 aromatic rings. The van der Waals surface area contributed by atoms with Gasteiger partial charge in [-0.15, -0.1) is 0 Å². The molecule has 3 heteroatoms. The van der Waals surface area contributed by atoms with Crippen LogP contribution >= 0.6 is 0 Å². The van der Waals surface area contributed by atoms with Gasteiger partial charge in [0.1, 0.15) is 0 Å².